The lowest BCUT2D eigenvalue weighted by Crippen LogP contribution is -2.50. The first kappa shape index (κ1) is 20.9. The minimum atomic E-state index is -0.982. The number of likely N-dealkylation sites (N-methyl/N-ethyl adjacent to an activating group) is 1. The average Bonchev–Trinajstić information content (AvgIpc) is 3.06. The summed E-state index contributed by atoms with van der Waals surface area (Å²) >= 11 is 0. The Bertz CT molecular complexity index is 943. The van der Waals surface area contributed by atoms with Crippen LogP contribution in [0.3, 0.4) is 0 Å². The van der Waals surface area contributed by atoms with Gasteiger partial charge in [-0.15, -0.1) is 0 Å². The number of nitrogens with one attached hydrogen (secondary N) is 1. The van der Waals surface area contributed by atoms with Gasteiger partial charge in [0.15, 0.2) is 11.6 Å². The first-order valence-corrected chi connectivity index (χ1v) is 9.57. The highest BCUT2D eigenvalue weighted by Gasteiger charge is 2.30. The molecule has 9 heteroatoms. The van der Waals surface area contributed by atoms with E-state index in [9.17, 15) is 18.4 Å². The Morgan fingerprint density at radius 1 is 1.31 bits per heavy atom. The van der Waals surface area contributed by atoms with Crippen molar-refractivity contribution in [3.63, 3.8) is 0 Å². The van der Waals surface area contributed by atoms with Gasteiger partial charge in [-0.1, -0.05) is 20.3 Å². The number of aromatic nitrogens is 2. The molecule has 1 aromatic carbocycles. The Balaban J connectivity index is 2.02. The van der Waals surface area contributed by atoms with E-state index in [1.165, 1.54) is 10.7 Å². The number of rotatable bonds is 5. The van der Waals surface area contributed by atoms with Gasteiger partial charge in [-0.05, 0) is 31.2 Å². The predicted molar refractivity (Wildman–Crippen MR) is 104 cm³/mol. The molecule has 0 bridgehead atoms. The minimum Gasteiger partial charge on any atom is -0.368 e. The van der Waals surface area contributed by atoms with Crippen LogP contribution in [0.2, 0.25) is 0 Å². The van der Waals surface area contributed by atoms with E-state index < -0.39 is 29.6 Å². The number of fused-ring (bicyclic) bond motifs is 1. The fourth-order valence-corrected chi connectivity index (χ4v) is 3.52. The molecule has 2 aromatic rings. The number of primary amides is 1. The third-order valence-electron chi connectivity index (χ3n) is 5.43. The van der Waals surface area contributed by atoms with Gasteiger partial charge < -0.3 is 16.0 Å². The predicted octanol–water partition coefficient (Wildman–Crippen LogP) is 2.27. The van der Waals surface area contributed by atoms with Crippen LogP contribution in [-0.2, 0) is 17.8 Å². The number of carbonyl (C=O) groups excluding carboxylic acids is 2. The first-order valence-electron chi connectivity index (χ1n) is 9.57. The smallest absolute Gasteiger partial charge is 0.342 e. The number of nitrogens with two attached hydrogens (primary N) is 1. The zero-order chi connectivity index (χ0) is 21.3. The third-order valence-corrected chi connectivity index (χ3v) is 5.43. The summed E-state index contributed by atoms with van der Waals surface area (Å²) in [7, 11) is 1.93. The number of nitrogens with zero attached hydrogens (tertiary/aromatic N) is 3. The Morgan fingerprint density at radius 2 is 2.03 bits per heavy atom. The Labute approximate surface area is 167 Å². The van der Waals surface area contributed by atoms with E-state index >= 15 is 0 Å². The van der Waals surface area contributed by atoms with Crippen molar-refractivity contribution in [1.82, 2.24) is 20.0 Å². The van der Waals surface area contributed by atoms with E-state index in [0.717, 1.165) is 17.7 Å². The normalized spacial score (nSPS) is 16.2. The molecule has 7 nitrogen and oxygen atoms in total. The summed E-state index contributed by atoms with van der Waals surface area (Å²) in [5, 5.41) is 7.07. The Hall–Kier alpha value is -2.81. The molecule has 2 atom stereocenters. The summed E-state index contributed by atoms with van der Waals surface area (Å²) in [6, 6.07) is 2.15. The van der Waals surface area contributed by atoms with Crippen LogP contribution in [0.5, 0.6) is 0 Å². The summed E-state index contributed by atoms with van der Waals surface area (Å²) < 4.78 is 28.4. The number of benzene rings is 1. The maximum atomic E-state index is 13.8. The van der Waals surface area contributed by atoms with Gasteiger partial charge >= 0.3 is 6.03 Å². The standard InChI is InChI=1S/C20H25F2N5O2/c1-4-11(2)17(19(23)28)24-20(29)27-16-7-8-26(3)10-13(16)18(25-27)12-5-6-14(21)15(22)9-12/h5-6,9,11,17H,4,7-8,10H2,1-3H3,(H2,23,28)(H,24,29). The van der Waals surface area contributed by atoms with Crippen LogP contribution in [0.1, 0.15) is 31.5 Å². The van der Waals surface area contributed by atoms with E-state index in [1.807, 2.05) is 20.9 Å². The molecule has 2 unspecified atom stereocenters. The van der Waals surface area contributed by atoms with Gasteiger partial charge in [-0.2, -0.15) is 9.78 Å². The fraction of sp³-hybridized carbons (Fsp3) is 0.450. The maximum Gasteiger partial charge on any atom is 0.342 e. The summed E-state index contributed by atoms with van der Waals surface area (Å²) in [6.07, 6.45) is 1.22. The van der Waals surface area contributed by atoms with E-state index in [0.29, 0.717) is 42.9 Å². The molecule has 0 saturated carbocycles. The van der Waals surface area contributed by atoms with Crippen LogP contribution in [0.4, 0.5) is 13.6 Å². The van der Waals surface area contributed by atoms with Crippen LogP contribution in [-0.4, -0.2) is 46.3 Å². The summed E-state index contributed by atoms with van der Waals surface area (Å²) in [4.78, 5) is 26.8. The molecule has 3 rings (SSSR count). The molecule has 0 fully saturated rings. The van der Waals surface area contributed by atoms with Crippen molar-refractivity contribution in [3.8, 4) is 11.3 Å². The molecular formula is C20H25F2N5O2. The van der Waals surface area contributed by atoms with E-state index in [2.05, 4.69) is 15.3 Å². The zero-order valence-corrected chi connectivity index (χ0v) is 16.7. The van der Waals surface area contributed by atoms with Crippen molar-refractivity contribution in [3.05, 3.63) is 41.1 Å². The monoisotopic (exact) mass is 405 g/mol. The highest BCUT2D eigenvalue weighted by Crippen LogP contribution is 2.30. The van der Waals surface area contributed by atoms with E-state index in [1.54, 1.807) is 0 Å². The Morgan fingerprint density at radius 3 is 2.66 bits per heavy atom. The lowest BCUT2D eigenvalue weighted by Gasteiger charge is -2.24. The van der Waals surface area contributed by atoms with Crippen LogP contribution in [0.25, 0.3) is 11.3 Å². The number of hydrogen-bond donors (Lipinski definition) is 2. The third kappa shape index (κ3) is 4.14. The maximum absolute atomic E-state index is 13.8. The largest absolute Gasteiger partial charge is 0.368 e. The van der Waals surface area contributed by atoms with Crippen LogP contribution >= 0.6 is 0 Å². The molecule has 3 N–H and O–H groups in total. The van der Waals surface area contributed by atoms with Crippen molar-refractivity contribution < 1.29 is 18.4 Å². The van der Waals surface area contributed by atoms with Crippen molar-refractivity contribution in [2.45, 2.75) is 39.3 Å². The topological polar surface area (TPSA) is 93.2 Å². The molecular weight excluding hydrogens is 380 g/mol. The quantitative estimate of drug-likeness (QED) is 0.798. The summed E-state index contributed by atoms with van der Waals surface area (Å²) in [5.74, 6) is -2.69. The molecule has 0 radical (unpaired) electrons. The van der Waals surface area contributed by atoms with E-state index in [-0.39, 0.29) is 5.92 Å². The molecule has 2 amide bonds. The van der Waals surface area contributed by atoms with Gasteiger partial charge in [0, 0.05) is 30.6 Å². The van der Waals surface area contributed by atoms with Gasteiger partial charge in [-0.25, -0.2) is 13.6 Å². The van der Waals surface area contributed by atoms with Gasteiger partial charge in [-0.3, -0.25) is 4.79 Å². The summed E-state index contributed by atoms with van der Waals surface area (Å²) in [5.41, 5.74) is 7.72. The Kier molecular flexibility index (Phi) is 5.97. The van der Waals surface area contributed by atoms with Gasteiger partial charge in [0.25, 0.3) is 0 Å². The van der Waals surface area contributed by atoms with Crippen LogP contribution in [0.15, 0.2) is 18.2 Å². The number of carbonyl (C=O) groups is 2. The second-order valence-corrected chi connectivity index (χ2v) is 7.52. The molecule has 1 aliphatic heterocycles. The lowest BCUT2D eigenvalue weighted by molar-refractivity contribution is -0.120. The molecule has 2 heterocycles. The average molecular weight is 405 g/mol. The highest BCUT2D eigenvalue weighted by molar-refractivity contribution is 5.87. The molecule has 156 valence electrons. The molecule has 1 aliphatic rings. The summed E-state index contributed by atoms with van der Waals surface area (Å²) in [6.45, 7) is 4.96. The zero-order valence-electron chi connectivity index (χ0n) is 16.7. The highest BCUT2D eigenvalue weighted by atomic mass is 19.2. The molecule has 1 aromatic heterocycles. The SMILES string of the molecule is CCC(C)C(NC(=O)n1nc(-c2ccc(F)c(F)c2)c2c1CCN(C)C2)C(N)=O. The number of amides is 2. The fourth-order valence-electron chi connectivity index (χ4n) is 3.52. The molecule has 29 heavy (non-hydrogen) atoms. The van der Waals surface area contributed by atoms with Crippen LogP contribution in [0, 0.1) is 17.6 Å². The molecule has 0 spiro atoms. The van der Waals surface area contributed by atoms with E-state index in [4.69, 9.17) is 5.73 Å². The van der Waals surface area contributed by atoms with Crippen molar-refractivity contribution in [2.75, 3.05) is 13.6 Å². The second kappa shape index (κ2) is 8.28. The molecule has 0 saturated heterocycles. The second-order valence-electron chi connectivity index (χ2n) is 7.52. The van der Waals surface area contributed by atoms with Crippen molar-refractivity contribution in [2.24, 2.45) is 11.7 Å². The van der Waals surface area contributed by atoms with Crippen molar-refractivity contribution in [1.29, 1.82) is 0 Å². The first-order chi connectivity index (χ1) is 13.7. The van der Waals surface area contributed by atoms with Gasteiger partial charge in [0.2, 0.25) is 5.91 Å². The lowest BCUT2D eigenvalue weighted by atomic mass is 9.99. The van der Waals surface area contributed by atoms with Gasteiger partial charge in [0.05, 0.1) is 11.4 Å². The number of halogens is 2. The minimum absolute atomic E-state index is 0.139. The molecule has 0 aliphatic carbocycles. The van der Waals surface area contributed by atoms with Gasteiger partial charge in [0.1, 0.15) is 6.04 Å². The van der Waals surface area contributed by atoms with Crippen LogP contribution < -0.4 is 11.1 Å². The van der Waals surface area contributed by atoms with Crippen molar-refractivity contribution >= 4 is 11.9 Å². The number of hydrogen-bond acceptors (Lipinski definition) is 4.